The van der Waals surface area contributed by atoms with E-state index in [1.807, 2.05) is 36.4 Å². The second-order valence-electron chi connectivity index (χ2n) is 3.92. The van der Waals surface area contributed by atoms with Gasteiger partial charge in [-0.15, -0.1) is 0 Å². The lowest BCUT2D eigenvalue weighted by Gasteiger charge is -2.14. The smallest absolute Gasteiger partial charge is 0.108 e. The van der Waals surface area contributed by atoms with Crippen molar-refractivity contribution < 1.29 is 10.2 Å². The zero-order valence-corrected chi connectivity index (χ0v) is 9.71. The van der Waals surface area contributed by atoms with E-state index in [1.165, 1.54) is 0 Å². The largest absolute Gasteiger partial charge is 0.386 e. The van der Waals surface area contributed by atoms with Gasteiger partial charge in [0.05, 0.1) is 0 Å². The fraction of sp³-hybridized carbons (Fsp3) is 0.429. The maximum absolute atomic E-state index is 9.84. The van der Waals surface area contributed by atoms with Crippen molar-refractivity contribution in [2.75, 3.05) is 0 Å². The van der Waals surface area contributed by atoms with Gasteiger partial charge in [0.2, 0.25) is 0 Å². The Morgan fingerprint density at radius 2 is 1.88 bits per heavy atom. The van der Waals surface area contributed by atoms with Crippen molar-refractivity contribution >= 4 is 0 Å². The molecular formula is C14H20O2. The molecule has 88 valence electrons. The first-order valence-corrected chi connectivity index (χ1v) is 5.83. The van der Waals surface area contributed by atoms with Crippen LogP contribution in [0, 0.1) is 0 Å². The third-order valence-corrected chi connectivity index (χ3v) is 2.52. The van der Waals surface area contributed by atoms with Gasteiger partial charge < -0.3 is 10.2 Å². The number of allylic oxidation sites excluding steroid dienone is 1. The predicted octanol–water partition coefficient (Wildman–Crippen LogP) is 2.83. The van der Waals surface area contributed by atoms with Crippen molar-refractivity contribution in [3.8, 4) is 0 Å². The van der Waals surface area contributed by atoms with Gasteiger partial charge in [-0.05, 0) is 12.0 Å². The molecule has 0 unspecified atom stereocenters. The second kappa shape index (κ2) is 7.20. The Morgan fingerprint density at radius 1 is 1.19 bits per heavy atom. The van der Waals surface area contributed by atoms with Crippen molar-refractivity contribution in [2.24, 2.45) is 0 Å². The summed E-state index contributed by atoms with van der Waals surface area (Å²) in [5.74, 6) is 0. The number of aliphatic hydroxyl groups excluding tert-OH is 2. The van der Waals surface area contributed by atoms with E-state index in [2.05, 4.69) is 6.92 Å². The first-order chi connectivity index (χ1) is 7.75. The monoisotopic (exact) mass is 220 g/mol. The highest BCUT2D eigenvalue weighted by Gasteiger charge is 2.14. The number of benzene rings is 1. The van der Waals surface area contributed by atoms with E-state index in [0.717, 1.165) is 24.8 Å². The summed E-state index contributed by atoms with van der Waals surface area (Å²) in [6.07, 6.45) is 5.16. The number of aliphatic hydroxyl groups is 2. The third-order valence-electron chi connectivity index (χ3n) is 2.52. The van der Waals surface area contributed by atoms with Crippen LogP contribution < -0.4 is 0 Å². The lowest BCUT2D eigenvalue weighted by molar-refractivity contribution is 0.0481. The van der Waals surface area contributed by atoms with Crippen LogP contribution in [0.5, 0.6) is 0 Å². The Kier molecular flexibility index (Phi) is 5.83. The average Bonchev–Trinajstić information content (AvgIpc) is 2.34. The lowest BCUT2D eigenvalue weighted by atomic mass is 10.0. The SMILES string of the molecule is CCCC/C=C\[C@H](O)[C@@H](O)c1ccccc1. The minimum atomic E-state index is -0.834. The van der Waals surface area contributed by atoms with E-state index < -0.39 is 12.2 Å². The molecule has 0 bridgehead atoms. The number of unbranched alkanes of at least 4 members (excludes halogenated alkanes) is 2. The summed E-state index contributed by atoms with van der Waals surface area (Å²) >= 11 is 0. The Morgan fingerprint density at radius 3 is 2.50 bits per heavy atom. The second-order valence-corrected chi connectivity index (χ2v) is 3.92. The van der Waals surface area contributed by atoms with E-state index in [4.69, 9.17) is 0 Å². The maximum atomic E-state index is 9.84. The molecule has 0 saturated heterocycles. The molecule has 0 spiro atoms. The van der Waals surface area contributed by atoms with Gasteiger partial charge in [0, 0.05) is 0 Å². The standard InChI is InChI=1S/C14H20O2/c1-2-3-4-8-11-13(15)14(16)12-9-6-5-7-10-12/h5-11,13-16H,2-4H2,1H3/b11-8-/t13-,14-/m0/s1. The van der Waals surface area contributed by atoms with Crippen LogP contribution in [-0.4, -0.2) is 16.3 Å². The van der Waals surface area contributed by atoms with E-state index >= 15 is 0 Å². The Balaban J connectivity index is 2.48. The van der Waals surface area contributed by atoms with Crippen LogP contribution in [0.15, 0.2) is 42.5 Å². The van der Waals surface area contributed by atoms with Crippen LogP contribution in [0.1, 0.15) is 37.9 Å². The molecule has 1 aromatic rings. The quantitative estimate of drug-likeness (QED) is 0.571. The van der Waals surface area contributed by atoms with Crippen molar-refractivity contribution in [1.29, 1.82) is 0 Å². The van der Waals surface area contributed by atoms with Crippen LogP contribution in [-0.2, 0) is 0 Å². The van der Waals surface area contributed by atoms with Crippen LogP contribution in [0.25, 0.3) is 0 Å². The van der Waals surface area contributed by atoms with E-state index in [1.54, 1.807) is 6.08 Å². The summed E-state index contributed by atoms with van der Waals surface area (Å²) in [7, 11) is 0. The fourth-order valence-electron chi connectivity index (χ4n) is 1.51. The van der Waals surface area contributed by atoms with Gasteiger partial charge >= 0.3 is 0 Å². The Bertz CT molecular complexity index is 306. The summed E-state index contributed by atoms with van der Waals surface area (Å²) in [6.45, 7) is 2.13. The molecule has 0 aliphatic carbocycles. The van der Waals surface area contributed by atoms with Gasteiger partial charge in [0.15, 0.2) is 0 Å². The highest BCUT2D eigenvalue weighted by atomic mass is 16.3. The van der Waals surface area contributed by atoms with Gasteiger partial charge in [-0.3, -0.25) is 0 Å². The van der Waals surface area contributed by atoms with Crippen molar-refractivity contribution in [2.45, 2.75) is 38.4 Å². The van der Waals surface area contributed by atoms with Crippen molar-refractivity contribution in [3.63, 3.8) is 0 Å². The fourth-order valence-corrected chi connectivity index (χ4v) is 1.51. The van der Waals surface area contributed by atoms with Crippen molar-refractivity contribution in [1.82, 2.24) is 0 Å². The van der Waals surface area contributed by atoms with Gasteiger partial charge in [-0.25, -0.2) is 0 Å². The summed E-state index contributed by atoms with van der Waals surface area (Å²) in [4.78, 5) is 0. The molecule has 2 heteroatoms. The number of rotatable bonds is 6. The summed E-state index contributed by atoms with van der Waals surface area (Å²) in [5, 5.41) is 19.6. The zero-order chi connectivity index (χ0) is 11.8. The molecule has 0 saturated carbocycles. The molecule has 2 N–H and O–H groups in total. The molecule has 0 aromatic heterocycles. The summed E-state index contributed by atoms with van der Waals surface area (Å²) in [5.41, 5.74) is 0.746. The number of hydrogen-bond donors (Lipinski definition) is 2. The molecule has 0 aliphatic rings. The maximum Gasteiger partial charge on any atom is 0.108 e. The Hall–Kier alpha value is -1.12. The highest BCUT2D eigenvalue weighted by Crippen LogP contribution is 2.17. The van der Waals surface area contributed by atoms with E-state index in [-0.39, 0.29) is 0 Å². The molecule has 2 atom stereocenters. The minimum absolute atomic E-state index is 0.746. The average molecular weight is 220 g/mol. The molecule has 0 radical (unpaired) electrons. The molecule has 0 heterocycles. The first-order valence-electron chi connectivity index (χ1n) is 5.83. The van der Waals surface area contributed by atoms with Gasteiger partial charge in [0.1, 0.15) is 12.2 Å². The molecule has 16 heavy (non-hydrogen) atoms. The van der Waals surface area contributed by atoms with E-state index in [0.29, 0.717) is 0 Å². The van der Waals surface area contributed by atoms with Gasteiger partial charge in [-0.2, -0.15) is 0 Å². The topological polar surface area (TPSA) is 40.5 Å². The lowest BCUT2D eigenvalue weighted by Crippen LogP contribution is -2.15. The molecule has 2 nitrogen and oxygen atoms in total. The Labute approximate surface area is 97.2 Å². The van der Waals surface area contributed by atoms with Crippen LogP contribution in [0.4, 0.5) is 0 Å². The van der Waals surface area contributed by atoms with Crippen molar-refractivity contribution in [3.05, 3.63) is 48.0 Å². The highest BCUT2D eigenvalue weighted by molar-refractivity contribution is 5.19. The summed E-state index contributed by atoms with van der Waals surface area (Å²) < 4.78 is 0. The van der Waals surface area contributed by atoms with Crippen LogP contribution in [0.2, 0.25) is 0 Å². The van der Waals surface area contributed by atoms with E-state index in [9.17, 15) is 10.2 Å². The summed E-state index contributed by atoms with van der Waals surface area (Å²) in [6, 6.07) is 9.22. The third kappa shape index (κ3) is 4.17. The normalized spacial score (nSPS) is 15.2. The molecule has 1 rings (SSSR count). The minimum Gasteiger partial charge on any atom is -0.386 e. The molecule has 0 amide bonds. The van der Waals surface area contributed by atoms with Crippen LogP contribution in [0.3, 0.4) is 0 Å². The molecule has 0 aliphatic heterocycles. The molecular weight excluding hydrogens is 200 g/mol. The zero-order valence-electron chi connectivity index (χ0n) is 9.71. The molecule has 0 fully saturated rings. The van der Waals surface area contributed by atoms with Crippen LogP contribution >= 0.6 is 0 Å². The predicted molar refractivity (Wildman–Crippen MR) is 66.1 cm³/mol. The van der Waals surface area contributed by atoms with Gasteiger partial charge in [0.25, 0.3) is 0 Å². The number of hydrogen-bond acceptors (Lipinski definition) is 2. The molecule has 1 aromatic carbocycles. The van der Waals surface area contributed by atoms with Gasteiger partial charge in [-0.1, -0.05) is 62.2 Å². The first kappa shape index (κ1) is 12.9.